The molecule has 2 rings (SSSR count). The SMILES string of the molecule is CCCCCCCCCCCCSC1CCC(C(=O)OC(=O)C2CCC(SCCCCCCCCCCCC)CC2C(=O)O)C(C(=O)O)C1. The van der Waals surface area contributed by atoms with E-state index in [9.17, 15) is 29.4 Å². The molecule has 0 aromatic carbocycles. The molecule has 0 aliphatic heterocycles. The first kappa shape index (κ1) is 43.9. The van der Waals surface area contributed by atoms with E-state index in [-0.39, 0.29) is 10.5 Å². The first-order valence-corrected chi connectivity index (χ1v) is 22.3. The first-order valence-electron chi connectivity index (χ1n) is 20.2. The molecule has 2 aliphatic rings. The molecule has 2 N–H and O–H groups in total. The molecule has 0 aromatic rings. The maximum atomic E-state index is 13.1. The standard InChI is InChI=1S/C40H70O7S2/c1-3-5-7-9-11-13-15-17-19-21-27-48-31-23-25-33(35(29-31)37(41)42)39(45)47-40(46)34-26-24-32(30-36(34)38(43)44)49-28-22-20-18-16-14-12-10-8-6-4-2/h31-36H,3-30H2,1-2H3,(H,41,42)(H,43,44). The Morgan fingerprint density at radius 2 is 0.776 bits per heavy atom. The van der Waals surface area contributed by atoms with Gasteiger partial charge in [0, 0.05) is 10.5 Å². The highest BCUT2D eigenvalue weighted by atomic mass is 32.2. The molecule has 49 heavy (non-hydrogen) atoms. The summed E-state index contributed by atoms with van der Waals surface area (Å²) in [6.45, 7) is 4.48. The van der Waals surface area contributed by atoms with Gasteiger partial charge in [-0.15, -0.1) is 0 Å². The number of hydrogen-bond acceptors (Lipinski definition) is 7. The van der Waals surface area contributed by atoms with Crippen molar-refractivity contribution in [2.45, 2.75) is 191 Å². The zero-order valence-corrected chi connectivity index (χ0v) is 32.6. The quantitative estimate of drug-likeness (QED) is 0.0461. The highest BCUT2D eigenvalue weighted by molar-refractivity contribution is 8.00. The summed E-state index contributed by atoms with van der Waals surface area (Å²) in [5.74, 6) is -5.15. The molecule has 0 amide bonds. The zero-order valence-electron chi connectivity index (χ0n) is 31.0. The van der Waals surface area contributed by atoms with Gasteiger partial charge in [-0.1, -0.05) is 129 Å². The minimum absolute atomic E-state index is 0.184. The lowest BCUT2D eigenvalue weighted by molar-refractivity contribution is -0.174. The van der Waals surface area contributed by atoms with Crippen LogP contribution in [0.1, 0.15) is 181 Å². The summed E-state index contributed by atoms with van der Waals surface area (Å²) in [7, 11) is 0. The average Bonchev–Trinajstić information content (AvgIpc) is 3.09. The van der Waals surface area contributed by atoms with Crippen LogP contribution in [0.2, 0.25) is 0 Å². The second-order valence-corrected chi connectivity index (χ2v) is 17.6. The van der Waals surface area contributed by atoms with Crippen LogP contribution in [-0.2, 0) is 23.9 Å². The van der Waals surface area contributed by atoms with Gasteiger partial charge in [0.05, 0.1) is 23.7 Å². The number of hydrogen-bond donors (Lipinski definition) is 2. The van der Waals surface area contributed by atoms with Crippen LogP contribution < -0.4 is 0 Å². The van der Waals surface area contributed by atoms with Crippen LogP contribution in [0.25, 0.3) is 0 Å². The Balaban J connectivity index is 1.67. The van der Waals surface area contributed by atoms with Crippen LogP contribution in [0.4, 0.5) is 0 Å². The highest BCUT2D eigenvalue weighted by Crippen LogP contribution is 2.40. The number of aliphatic carboxylic acids is 2. The van der Waals surface area contributed by atoms with Crippen molar-refractivity contribution in [3.8, 4) is 0 Å². The van der Waals surface area contributed by atoms with E-state index in [0.717, 1.165) is 37.2 Å². The van der Waals surface area contributed by atoms with Gasteiger partial charge in [-0.25, -0.2) is 0 Å². The second-order valence-electron chi connectivity index (χ2n) is 14.8. The third-order valence-electron chi connectivity index (χ3n) is 10.7. The van der Waals surface area contributed by atoms with Crippen LogP contribution in [-0.4, -0.2) is 56.1 Å². The lowest BCUT2D eigenvalue weighted by Gasteiger charge is -2.34. The van der Waals surface area contributed by atoms with Gasteiger partial charge in [0.15, 0.2) is 0 Å². The molecule has 0 aromatic heterocycles. The number of rotatable bonds is 28. The number of carbonyl (C=O) groups is 4. The number of carbonyl (C=O) groups excluding carboxylic acids is 2. The molecule has 0 spiro atoms. The highest BCUT2D eigenvalue weighted by Gasteiger charge is 2.44. The van der Waals surface area contributed by atoms with Crippen molar-refractivity contribution in [3.63, 3.8) is 0 Å². The van der Waals surface area contributed by atoms with Crippen molar-refractivity contribution in [3.05, 3.63) is 0 Å². The van der Waals surface area contributed by atoms with Crippen molar-refractivity contribution in [1.29, 1.82) is 0 Å². The Hall–Kier alpha value is -1.22. The minimum atomic E-state index is -1.03. The maximum Gasteiger partial charge on any atom is 0.317 e. The second kappa shape index (κ2) is 27.4. The molecule has 2 fully saturated rings. The van der Waals surface area contributed by atoms with Gasteiger partial charge in [-0.05, 0) is 62.9 Å². The number of carboxylic acids is 2. The summed E-state index contributed by atoms with van der Waals surface area (Å²) >= 11 is 3.63. The Morgan fingerprint density at radius 3 is 1.08 bits per heavy atom. The third-order valence-corrected chi connectivity index (χ3v) is 13.6. The zero-order chi connectivity index (χ0) is 35.7. The summed E-state index contributed by atoms with van der Waals surface area (Å²) in [4.78, 5) is 50.6. The van der Waals surface area contributed by atoms with Crippen molar-refractivity contribution in [2.24, 2.45) is 23.7 Å². The van der Waals surface area contributed by atoms with Gasteiger partial charge in [0.2, 0.25) is 0 Å². The van der Waals surface area contributed by atoms with Gasteiger partial charge in [0.25, 0.3) is 0 Å². The average molecular weight is 727 g/mol. The van der Waals surface area contributed by atoms with Crippen molar-refractivity contribution in [1.82, 2.24) is 0 Å². The van der Waals surface area contributed by atoms with Gasteiger partial charge >= 0.3 is 23.9 Å². The van der Waals surface area contributed by atoms with E-state index in [1.54, 1.807) is 0 Å². The van der Waals surface area contributed by atoms with Crippen LogP contribution >= 0.6 is 23.5 Å². The van der Waals surface area contributed by atoms with E-state index in [4.69, 9.17) is 4.74 Å². The number of thioether (sulfide) groups is 2. The van der Waals surface area contributed by atoms with Gasteiger partial charge in [0.1, 0.15) is 0 Å². The van der Waals surface area contributed by atoms with Crippen LogP contribution in [0, 0.1) is 23.7 Å². The monoisotopic (exact) mass is 726 g/mol. The molecule has 6 atom stereocenters. The fourth-order valence-electron chi connectivity index (χ4n) is 7.61. The predicted octanol–water partition coefficient (Wildman–Crippen LogP) is 11.1. The van der Waals surface area contributed by atoms with E-state index >= 15 is 0 Å². The summed E-state index contributed by atoms with van der Waals surface area (Å²) < 4.78 is 5.29. The minimum Gasteiger partial charge on any atom is -0.481 e. The smallest absolute Gasteiger partial charge is 0.317 e. The number of unbranched alkanes of at least 4 members (excludes halogenated alkanes) is 18. The molecule has 2 saturated carbocycles. The normalized spacial score (nSPS) is 24.0. The lowest BCUT2D eigenvalue weighted by atomic mass is 9.78. The Kier molecular flexibility index (Phi) is 24.6. The van der Waals surface area contributed by atoms with Gasteiger partial charge in [-0.2, -0.15) is 23.5 Å². The van der Waals surface area contributed by atoms with Crippen LogP contribution in [0.3, 0.4) is 0 Å². The maximum absolute atomic E-state index is 13.1. The molecule has 0 bridgehead atoms. The molecule has 284 valence electrons. The van der Waals surface area contributed by atoms with E-state index in [1.807, 2.05) is 23.5 Å². The van der Waals surface area contributed by atoms with Crippen molar-refractivity contribution < 1.29 is 34.1 Å². The van der Waals surface area contributed by atoms with E-state index < -0.39 is 47.5 Å². The third kappa shape index (κ3) is 18.7. The summed E-state index contributed by atoms with van der Waals surface area (Å²) in [6.07, 6.45) is 28.7. The molecule has 2 aliphatic carbocycles. The Labute approximate surface area is 307 Å². The molecule has 0 heterocycles. The van der Waals surface area contributed by atoms with E-state index in [0.29, 0.717) is 25.7 Å². The molecule has 9 heteroatoms. The molecular formula is C40H70O7S2. The van der Waals surface area contributed by atoms with Crippen molar-refractivity contribution >= 4 is 47.4 Å². The topological polar surface area (TPSA) is 118 Å². The summed E-state index contributed by atoms with van der Waals surface area (Å²) in [5, 5.41) is 20.3. The van der Waals surface area contributed by atoms with Crippen LogP contribution in [0.5, 0.6) is 0 Å². The fourth-order valence-corrected chi connectivity index (χ4v) is 10.3. The summed E-state index contributed by atoms with van der Waals surface area (Å²) in [6, 6.07) is 0. The Bertz CT molecular complexity index is 856. The molecule has 6 unspecified atom stereocenters. The Morgan fingerprint density at radius 1 is 0.469 bits per heavy atom. The first-order chi connectivity index (χ1) is 23.8. The molecule has 0 saturated heterocycles. The van der Waals surface area contributed by atoms with Gasteiger partial charge in [-0.3, -0.25) is 19.2 Å². The fraction of sp³-hybridized carbons (Fsp3) is 0.900. The molecule has 0 radical (unpaired) electrons. The lowest BCUT2D eigenvalue weighted by Crippen LogP contribution is -2.41. The van der Waals surface area contributed by atoms with Crippen molar-refractivity contribution in [2.75, 3.05) is 11.5 Å². The van der Waals surface area contributed by atoms with E-state index in [1.165, 1.54) is 116 Å². The van der Waals surface area contributed by atoms with Crippen LogP contribution in [0.15, 0.2) is 0 Å². The van der Waals surface area contributed by atoms with E-state index in [2.05, 4.69) is 13.8 Å². The number of esters is 2. The van der Waals surface area contributed by atoms with Gasteiger partial charge < -0.3 is 14.9 Å². The molecule has 7 nitrogen and oxygen atoms in total. The number of ether oxygens (including phenoxy) is 1. The molecular weight excluding hydrogens is 657 g/mol. The largest absolute Gasteiger partial charge is 0.481 e. The summed E-state index contributed by atoms with van der Waals surface area (Å²) in [5.41, 5.74) is 0. The number of carboxylic acid groups (broad SMARTS) is 2. The predicted molar refractivity (Wildman–Crippen MR) is 204 cm³/mol.